The van der Waals surface area contributed by atoms with Crippen LogP contribution in [0.2, 0.25) is 0 Å². The van der Waals surface area contributed by atoms with E-state index in [1.54, 1.807) is 37.4 Å². The van der Waals surface area contributed by atoms with Crippen LogP contribution in [0, 0.1) is 12.8 Å². The number of rotatable bonds is 7. The Morgan fingerprint density at radius 1 is 1.12 bits per heavy atom. The summed E-state index contributed by atoms with van der Waals surface area (Å²) >= 11 is 0. The Labute approximate surface area is 192 Å². The van der Waals surface area contributed by atoms with Gasteiger partial charge in [0.05, 0.1) is 24.0 Å². The van der Waals surface area contributed by atoms with Gasteiger partial charge in [0.15, 0.2) is 0 Å². The molecule has 1 N–H and O–H groups in total. The largest absolute Gasteiger partial charge is 0.496 e. The standard InChI is InChI=1S/C25H34N2O4S/c1-17(2)22-15-23(18(3)14-24(22)31-5)19(4)26-25(28)20-10-9-13-27(16-20)32(29,30)21-11-7-6-8-12-21/h6-8,11-12,14-15,17,19-20H,9-10,13,16H2,1-5H3,(H,26,28)/t19-,20-/m0/s1. The molecule has 0 radical (unpaired) electrons. The maximum atomic E-state index is 13.1. The highest BCUT2D eigenvalue weighted by Crippen LogP contribution is 2.32. The lowest BCUT2D eigenvalue weighted by Crippen LogP contribution is -2.45. The Hall–Kier alpha value is -2.38. The number of nitrogens with one attached hydrogen (secondary N) is 1. The predicted octanol–water partition coefficient (Wildman–Crippen LogP) is 4.41. The molecule has 0 saturated carbocycles. The van der Waals surface area contributed by atoms with Gasteiger partial charge in [-0.15, -0.1) is 0 Å². The second kappa shape index (κ2) is 10.0. The SMILES string of the molecule is COc1cc(C)c([C@H](C)NC(=O)[C@H]2CCCN(S(=O)(=O)c3ccccc3)C2)cc1C(C)C. The number of hydrogen-bond acceptors (Lipinski definition) is 4. The summed E-state index contributed by atoms with van der Waals surface area (Å²) < 4.78 is 32.9. The van der Waals surface area contributed by atoms with E-state index in [0.717, 1.165) is 22.4 Å². The van der Waals surface area contributed by atoms with Crippen molar-refractivity contribution < 1.29 is 17.9 Å². The van der Waals surface area contributed by atoms with Gasteiger partial charge in [0.25, 0.3) is 0 Å². The first kappa shape index (κ1) is 24.3. The Bertz CT molecular complexity index is 1050. The summed E-state index contributed by atoms with van der Waals surface area (Å²) in [7, 11) is -1.93. The Balaban J connectivity index is 1.74. The smallest absolute Gasteiger partial charge is 0.243 e. The number of amides is 1. The fourth-order valence-electron chi connectivity index (χ4n) is 4.34. The van der Waals surface area contributed by atoms with Crippen molar-refractivity contribution in [2.75, 3.05) is 20.2 Å². The molecule has 6 nitrogen and oxygen atoms in total. The molecule has 2 aromatic rings. The summed E-state index contributed by atoms with van der Waals surface area (Å²) in [4.78, 5) is 13.4. The molecule has 0 unspecified atom stereocenters. The Kier molecular flexibility index (Phi) is 7.62. The molecule has 0 aliphatic carbocycles. The minimum atomic E-state index is -3.60. The number of sulfonamides is 1. The molecular formula is C25H34N2O4S. The number of piperidine rings is 1. The molecule has 0 spiro atoms. The second-order valence-corrected chi connectivity index (χ2v) is 10.8. The van der Waals surface area contributed by atoms with Gasteiger partial charge in [0.1, 0.15) is 5.75 Å². The van der Waals surface area contributed by atoms with Gasteiger partial charge >= 0.3 is 0 Å². The van der Waals surface area contributed by atoms with E-state index in [9.17, 15) is 13.2 Å². The average molecular weight is 459 g/mol. The van der Waals surface area contributed by atoms with E-state index in [0.29, 0.717) is 25.3 Å². The molecule has 1 amide bonds. The lowest BCUT2D eigenvalue weighted by Gasteiger charge is -2.32. The van der Waals surface area contributed by atoms with Crippen molar-refractivity contribution in [2.24, 2.45) is 5.92 Å². The molecule has 3 rings (SSSR count). The molecular weight excluding hydrogens is 424 g/mol. The van der Waals surface area contributed by atoms with E-state index in [1.807, 2.05) is 19.9 Å². The molecule has 1 aliphatic heterocycles. The van der Waals surface area contributed by atoms with Crippen molar-refractivity contribution in [3.8, 4) is 5.75 Å². The first-order valence-corrected chi connectivity index (χ1v) is 12.6. The molecule has 7 heteroatoms. The monoisotopic (exact) mass is 458 g/mol. The first-order chi connectivity index (χ1) is 15.1. The van der Waals surface area contributed by atoms with E-state index < -0.39 is 10.0 Å². The van der Waals surface area contributed by atoms with Crippen LogP contribution in [0.15, 0.2) is 47.4 Å². The highest BCUT2D eigenvalue weighted by molar-refractivity contribution is 7.89. The summed E-state index contributed by atoms with van der Waals surface area (Å²) in [5, 5.41) is 3.12. The summed E-state index contributed by atoms with van der Waals surface area (Å²) in [5.41, 5.74) is 3.20. The predicted molar refractivity (Wildman–Crippen MR) is 126 cm³/mol. The molecule has 2 aromatic carbocycles. The summed E-state index contributed by atoms with van der Waals surface area (Å²) in [6.45, 7) is 8.85. The molecule has 1 fully saturated rings. The van der Waals surface area contributed by atoms with Crippen LogP contribution >= 0.6 is 0 Å². The molecule has 2 atom stereocenters. The van der Waals surface area contributed by atoms with Crippen molar-refractivity contribution in [3.05, 3.63) is 59.2 Å². The lowest BCUT2D eigenvalue weighted by atomic mass is 9.92. The van der Waals surface area contributed by atoms with E-state index in [4.69, 9.17) is 4.74 Å². The molecule has 174 valence electrons. The van der Waals surface area contributed by atoms with Crippen LogP contribution in [0.4, 0.5) is 0 Å². The number of methoxy groups -OCH3 is 1. The Morgan fingerprint density at radius 2 is 1.81 bits per heavy atom. The van der Waals surface area contributed by atoms with Crippen LogP contribution in [0.1, 0.15) is 62.3 Å². The van der Waals surface area contributed by atoms with Gasteiger partial charge in [0, 0.05) is 13.1 Å². The summed E-state index contributed by atoms with van der Waals surface area (Å²) in [6, 6.07) is 12.3. The minimum Gasteiger partial charge on any atom is -0.496 e. The number of nitrogens with zero attached hydrogens (tertiary/aromatic N) is 1. The summed E-state index contributed by atoms with van der Waals surface area (Å²) in [5.74, 6) is 0.677. The van der Waals surface area contributed by atoms with Crippen molar-refractivity contribution in [3.63, 3.8) is 0 Å². The lowest BCUT2D eigenvalue weighted by molar-refractivity contribution is -0.126. The van der Waals surface area contributed by atoms with Gasteiger partial charge in [-0.2, -0.15) is 4.31 Å². The third-order valence-electron chi connectivity index (χ3n) is 6.20. The van der Waals surface area contributed by atoms with E-state index in [1.165, 1.54) is 4.31 Å². The normalized spacial score (nSPS) is 18.4. The average Bonchev–Trinajstić information content (AvgIpc) is 2.79. The number of hydrogen-bond donors (Lipinski definition) is 1. The molecule has 1 aliphatic rings. The zero-order valence-corrected chi connectivity index (χ0v) is 20.4. The molecule has 1 saturated heterocycles. The fourth-order valence-corrected chi connectivity index (χ4v) is 5.88. The third kappa shape index (κ3) is 5.15. The summed E-state index contributed by atoms with van der Waals surface area (Å²) in [6.07, 6.45) is 1.34. The van der Waals surface area contributed by atoms with Gasteiger partial charge in [-0.25, -0.2) is 8.42 Å². The van der Waals surface area contributed by atoms with Gasteiger partial charge in [-0.05, 0) is 73.6 Å². The van der Waals surface area contributed by atoms with Gasteiger partial charge < -0.3 is 10.1 Å². The number of carbonyl (C=O) groups is 1. The van der Waals surface area contributed by atoms with E-state index in [-0.39, 0.29) is 29.3 Å². The van der Waals surface area contributed by atoms with Crippen molar-refractivity contribution in [1.82, 2.24) is 9.62 Å². The van der Waals surface area contributed by atoms with Crippen LogP contribution in [-0.4, -0.2) is 38.8 Å². The van der Waals surface area contributed by atoms with Crippen LogP contribution < -0.4 is 10.1 Å². The van der Waals surface area contributed by atoms with E-state index >= 15 is 0 Å². The number of carbonyl (C=O) groups excluding carboxylic acids is 1. The van der Waals surface area contributed by atoms with Gasteiger partial charge in [-0.3, -0.25) is 4.79 Å². The van der Waals surface area contributed by atoms with Crippen LogP contribution in [-0.2, 0) is 14.8 Å². The van der Waals surface area contributed by atoms with E-state index in [2.05, 4.69) is 25.2 Å². The van der Waals surface area contributed by atoms with Crippen LogP contribution in [0.5, 0.6) is 5.75 Å². The number of benzene rings is 2. The molecule has 1 heterocycles. The number of aryl methyl sites for hydroxylation is 1. The molecule has 0 bridgehead atoms. The maximum absolute atomic E-state index is 13.1. The topological polar surface area (TPSA) is 75.7 Å². The fraction of sp³-hybridized carbons (Fsp3) is 0.480. The van der Waals surface area contributed by atoms with Gasteiger partial charge in [-0.1, -0.05) is 32.0 Å². The highest BCUT2D eigenvalue weighted by Gasteiger charge is 2.33. The minimum absolute atomic E-state index is 0.105. The molecule has 0 aromatic heterocycles. The third-order valence-corrected chi connectivity index (χ3v) is 8.08. The van der Waals surface area contributed by atoms with Gasteiger partial charge in [0.2, 0.25) is 15.9 Å². The quantitative estimate of drug-likeness (QED) is 0.667. The van der Waals surface area contributed by atoms with Crippen molar-refractivity contribution >= 4 is 15.9 Å². The zero-order valence-electron chi connectivity index (χ0n) is 19.6. The van der Waals surface area contributed by atoms with Crippen molar-refractivity contribution in [2.45, 2.75) is 57.4 Å². The number of ether oxygens (including phenoxy) is 1. The van der Waals surface area contributed by atoms with Crippen LogP contribution in [0.3, 0.4) is 0 Å². The molecule has 32 heavy (non-hydrogen) atoms. The van der Waals surface area contributed by atoms with Crippen molar-refractivity contribution in [1.29, 1.82) is 0 Å². The van der Waals surface area contributed by atoms with Crippen LogP contribution in [0.25, 0.3) is 0 Å². The second-order valence-electron chi connectivity index (χ2n) is 8.85. The maximum Gasteiger partial charge on any atom is 0.243 e. The zero-order chi connectivity index (χ0) is 23.5. The highest BCUT2D eigenvalue weighted by atomic mass is 32.2. The first-order valence-electron chi connectivity index (χ1n) is 11.2. The Morgan fingerprint density at radius 3 is 2.44 bits per heavy atom.